The molecule has 1 heterocycles. The van der Waals surface area contributed by atoms with Crippen molar-refractivity contribution in [1.29, 1.82) is 0 Å². The molecule has 3 aromatic rings. The largest absolute Gasteiger partial charge is 0.488 e. The van der Waals surface area contributed by atoms with Crippen molar-refractivity contribution in [2.45, 2.75) is 6.61 Å². The van der Waals surface area contributed by atoms with Gasteiger partial charge in [-0.25, -0.2) is 0 Å². The fraction of sp³-hybridized carbons (Fsp3) is 0.0588. The second-order valence-corrected chi connectivity index (χ2v) is 4.28. The van der Waals surface area contributed by atoms with Crippen molar-refractivity contribution in [3.05, 3.63) is 78.8 Å². The molecule has 0 atom stereocenters. The van der Waals surface area contributed by atoms with Gasteiger partial charge in [-0.2, -0.15) is 0 Å². The summed E-state index contributed by atoms with van der Waals surface area (Å²) in [5, 5.41) is 0. The molecule has 19 heavy (non-hydrogen) atoms. The predicted molar refractivity (Wildman–Crippen MR) is 74.9 cm³/mol. The highest BCUT2D eigenvalue weighted by atomic mass is 16.5. The molecule has 0 saturated heterocycles. The van der Waals surface area contributed by atoms with Crippen LogP contribution >= 0.6 is 0 Å². The predicted octanol–water partition coefficient (Wildman–Crippen LogP) is 4.53. The Labute approximate surface area is 112 Å². The molecule has 0 saturated carbocycles. The minimum absolute atomic E-state index is 0.565. The molecule has 0 aliphatic rings. The number of hydrogen-bond acceptors (Lipinski definition) is 2. The summed E-state index contributed by atoms with van der Waals surface area (Å²) in [4.78, 5) is 0. The molecule has 3 rings (SSSR count). The van der Waals surface area contributed by atoms with E-state index in [0.717, 1.165) is 22.4 Å². The second kappa shape index (κ2) is 5.44. The van der Waals surface area contributed by atoms with Gasteiger partial charge in [0.2, 0.25) is 0 Å². The van der Waals surface area contributed by atoms with Crippen LogP contribution in [0.2, 0.25) is 0 Å². The summed E-state index contributed by atoms with van der Waals surface area (Å²) in [5.74, 6) is 0.868. The van der Waals surface area contributed by atoms with Crippen molar-refractivity contribution < 1.29 is 9.15 Å². The molecule has 0 aliphatic heterocycles. The molecule has 0 N–H and O–H groups in total. The summed E-state index contributed by atoms with van der Waals surface area (Å²) in [6.45, 7) is 0.565. The molecule has 94 valence electrons. The first kappa shape index (κ1) is 11.6. The van der Waals surface area contributed by atoms with Crippen LogP contribution < -0.4 is 4.74 Å². The summed E-state index contributed by atoms with van der Waals surface area (Å²) in [6, 6.07) is 20.1. The lowest BCUT2D eigenvalue weighted by atomic mass is 10.1. The number of benzene rings is 2. The van der Waals surface area contributed by atoms with Crippen molar-refractivity contribution in [2.75, 3.05) is 0 Å². The van der Waals surface area contributed by atoms with E-state index < -0.39 is 0 Å². The quantitative estimate of drug-likeness (QED) is 0.679. The number of ether oxygens (including phenoxy) is 1. The van der Waals surface area contributed by atoms with Crippen molar-refractivity contribution in [3.63, 3.8) is 0 Å². The topological polar surface area (TPSA) is 22.4 Å². The van der Waals surface area contributed by atoms with Crippen LogP contribution in [0, 0.1) is 0 Å². The van der Waals surface area contributed by atoms with Gasteiger partial charge in [0.05, 0.1) is 12.5 Å². The van der Waals surface area contributed by atoms with Gasteiger partial charge in [-0.1, -0.05) is 48.5 Å². The monoisotopic (exact) mass is 250 g/mol. The maximum atomic E-state index is 5.91. The van der Waals surface area contributed by atoms with E-state index in [2.05, 4.69) is 12.1 Å². The molecule has 0 aliphatic carbocycles. The number of rotatable bonds is 4. The van der Waals surface area contributed by atoms with E-state index in [-0.39, 0.29) is 0 Å². The van der Waals surface area contributed by atoms with Gasteiger partial charge in [0, 0.05) is 11.1 Å². The number of furan rings is 1. The van der Waals surface area contributed by atoms with E-state index >= 15 is 0 Å². The molecule has 0 radical (unpaired) electrons. The third kappa shape index (κ3) is 2.68. The summed E-state index contributed by atoms with van der Waals surface area (Å²) in [5.41, 5.74) is 3.24. The summed E-state index contributed by atoms with van der Waals surface area (Å²) >= 11 is 0. The molecule has 2 heteroatoms. The Balaban J connectivity index is 1.82. The summed E-state index contributed by atoms with van der Waals surface area (Å²) in [7, 11) is 0. The minimum Gasteiger partial charge on any atom is -0.488 e. The number of hydrogen-bond donors (Lipinski definition) is 0. The average molecular weight is 250 g/mol. The van der Waals surface area contributed by atoms with Gasteiger partial charge in [0.15, 0.2) is 0 Å². The molecule has 0 spiro atoms. The molecule has 2 aromatic carbocycles. The lowest BCUT2D eigenvalue weighted by Crippen LogP contribution is -1.96. The van der Waals surface area contributed by atoms with Crippen LogP contribution in [0.25, 0.3) is 11.1 Å². The zero-order valence-corrected chi connectivity index (χ0v) is 10.5. The lowest BCUT2D eigenvalue weighted by Gasteiger charge is -2.10. The Morgan fingerprint density at radius 2 is 1.63 bits per heavy atom. The normalized spacial score (nSPS) is 10.3. The zero-order chi connectivity index (χ0) is 12.9. The van der Waals surface area contributed by atoms with E-state index in [1.807, 2.05) is 48.5 Å². The number of para-hydroxylation sites is 1. The fourth-order valence-corrected chi connectivity index (χ4v) is 1.98. The Hall–Kier alpha value is -2.48. The van der Waals surface area contributed by atoms with E-state index in [9.17, 15) is 0 Å². The first-order valence-electron chi connectivity index (χ1n) is 6.22. The summed E-state index contributed by atoms with van der Waals surface area (Å²) < 4.78 is 11.0. The molecular formula is C17H14O2. The first-order valence-corrected chi connectivity index (χ1v) is 6.22. The third-order valence-corrected chi connectivity index (χ3v) is 2.96. The van der Waals surface area contributed by atoms with Gasteiger partial charge in [0.25, 0.3) is 0 Å². The fourth-order valence-electron chi connectivity index (χ4n) is 1.98. The Morgan fingerprint density at radius 3 is 2.42 bits per heavy atom. The van der Waals surface area contributed by atoms with Crippen molar-refractivity contribution in [2.24, 2.45) is 0 Å². The van der Waals surface area contributed by atoms with Gasteiger partial charge in [0.1, 0.15) is 12.4 Å². The highest BCUT2D eigenvalue weighted by molar-refractivity contribution is 5.69. The van der Waals surface area contributed by atoms with Crippen LogP contribution in [0.3, 0.4) is 0 Å². The third-order valence-electron chi connectivity index (χ3n) is 2.96. The van der Waals surface area contributed by atoms with Crippen LogP contribution in [-0.4, -0.2) is 0 Å². The average Bonchev–Trinajstić information content (AvgIpc) is 3.01. The molecule has 0 unspecified atom stereocenters. The Bertz CT molecular complexity index is 627. The van der Waals surface area contributed by atoms with Crippen molar-refractivity contribution >= 4 is 0 Å². The lowest BCUT2D eigenvalue weighted by molar-refractivity contribution is 0.307. The molecular weight excluding hydrogens is 236 g/mol. The first-order chi connectivity index (χ1) is 9.43. The SMILES string of the molecule is c1ccc(COc2ccccc2-c2ccoc2)cc1. The highest BCUT2D eigenvalue weighted by Gasteiger charge is 2.06. The van der Waals surface area contributed by atoms with E-state index in [1.165, 1.54) is 0 Å². The zero-order valence-electron chi connectivity index (χ0n) is 10.5. The maximum Gasteiger partial charge on any atom is 0.127 e. The van der Waals surface area contributed by atoms with Crippen LogP contribution in [0.5, 0.6) is 5.75 Å². The van der Waals surface area contributed by atoms with Crippen LogP contribution in [0.4, 0.5) is 0 Å². The second-order valence-electron chi connectivity index (χ2n) is 4.28. The summed E-state index contributed by atoms with van der Waals surface area (Å²) in [6.07, 6.45) is 3.40. The van der Waals surface area contributed by atoms with Gasteiger partial charge in [-0.15, -0.1) is 0 Å². The molecule has 2 nitrogen and oxygen atoms in total. The molecule has 0 bridgehead atoms. The van der Waals surface area contributed by atoms with Crippen LogP contribution in [-0.2, 0) is 6.61 Å². The van der Waals surface area contributed by atoms with Gasteiger partial charge < -0.3 is 9.15 Å². The maximum absolute atomic E-state index is 5.91. The van der Waals surface area contributed by atoms with Crippen molar-refractivity contribution in [1.82, 2.24) is 0 Å². The van der Waals surface area contributed by atoms with E-state index in [4.69, 9.17) is 9.15 Å². The Morgan fingerprint density at radius 1 is 0.842 bits per heavy atom. The van der Waals surface area contributed by atoms with Gasteiger partial charge >= 0.3 is 0 Å². The van der Waals surface area contributed by atoms with Crippen molar-refractivity contribution in [3.8, 4) is 16.9 Å². The minimum atomic E-state index is 0.565. The van der Waals surface area contributed by atoms with Crippen LogP contribution in [0.1, 0.15) is 5.56 Å². The molecule has 0 amide bonds. The van der Waals surface area contributed by atoms with Gasteiger partial charge in [-0.05, 0) is 17.7 Å². The highest BCUT2D eigenvalue weighted by Crippen LogP contribution is 2.30. The molecule has 0 fully saturated rings. The van der Waals surface area contributed by atoms with E-state index in [1.54, 1.807) is 12.5 Å². The smallest absolute Gasteiger partial charge is 0.127 e. The molecule has 1 aromatic heterocycles. The van der Waals surface area contributed by atoms with E-state index in [0.29, 0.717) is 6.61 Å². The standard InChI is InChI=1S/C17H14O2/c1-2-6-14(7-3-1)12-19-17-9-5-4-8-16(17)15-10-11-18-13-15/h1-11,13H,12H2. The Kier molecular flexibility index (Phi) is 3.32. The van der Waals surface area contributed by atoms with Gasteiger partial charge in [-0.3, -0.25) is 0 Å². The van der Waals surface area contributed by atoms with Crippen LogP contribution in [0.15, 0.2) is 77.6 Å².